The van der Waals surface area contributed by atoms with Gasteiger partial charge in [-0.15, -0.1) is 0 Å². The number of nitrogen functional groups attached to an aromatic ring is 2. The maximum absolute atomic E-state index is 12.2. The van der Waals surface area contributed by atoms with Crippen molar-refractivity contribution in [2.75, 3.05) is 124 Å². The number of unbranched alkanes of at least 4 members (excludes halogenated alkanes) is 2. The van der Waals surface area contributed by atoms with E-state index in [1.807, 2.05) is 23.7 Å². The first-order valence-corrected chi connectivity index (χ1v) is 21.4. The number of nitrogens with zero attached hydrogens (tertiary/aromatic N) is 5. The highest BCUT2D eigenvalue weighted by Gasteiger charge is 2.18. The van der Waals surface area contributed by atoms with Crippen LogP contribution in [0.5, 0.6) is 0 Å². The van der Waals surface area contributed by atoms with Gasteiger partial charge in [-0.2, -0.15) is 10.1 Å². The maximum atomic E-state index is 12.2. The van der Waals surface area contributed by atoms with E-state index in [1.54, 1.807) is 6.07 Å². The van der Waals surface area contributed by atoms with Gasteiger partial charge in [-0.1, -0.05) is 20.3 Å². The van der Waals surface area contributed by atoms with Crippen LogP contribution in [-0.2, 0) is 54.0 Å². The van der Waals surface area contributed by atoms with E-state index < -0.39 is 0 Å². The lowest BCUT2D eigenvalue weighted by Gasteiger charge is -2.07. The molecule has 342 valence electrons. The van der Waals surface area contributed by atoms with Gasteiger partial charge in [0, 0.05) is 50.9 Å². The number of oxazole rings is 1. The van der Waals surface area contributed by atoms with E-state index in [2.05, 4.69) is 21.9 Å². The molecule has 4 aromatic rings. The van der Waals surface area contributed by atoms with E-state index in [0.29, 0.717) is 172 Å². The number of carbonyl (C=O) groups excluding carboxylic acids is 2. The quantitative estimate of drug-likeness (QED) is 0.0542. The highest BCUT2D eigenvalue weighted by molar-refractivity contribution is 5.99. The van der Waals surface area contributed by atoms with Gasteiger partial charge < -0.3 is 59.5 Å². The first-order chi connectivity index (χ1) is 29.9. The van der Waals surface area contributed by atoms with Gasteiger partial charge >= 0.3 is 0 Å². The molecule has 3 aromatic heterocycles. The number of fused-ring (bicyclic) bond motifs is 2. The van der Waals surface area contributed by atoms with Gasteiger partial charge in [0.25, 0.3) is 6.01 Å². The van der Waals surface area contributed by atoms with E-state index in [1.165, 1.54) is 6.33 Å². The second-order valence-corrected chi connectivity index (χ2v) is 13.7. The Morgan fingerprint density at radius 1 is 0.656 bits per heavy atom. The molecule has 0 radical (unpaired) electrons. The van der Waals surface area contributed by atoms with Gasteiger partial charge in [-0.25, -0.2) is 14.6 Å². The molecule has 0 aliphatic heterocycles. The fourth-order valence-corrected chi connectivity index (χ4v) is 5.67. The Bertz CT molecular complexity index is 1770. The number of ether oxygens (including phenoxy) is 8. The largest absolute Gasteiger partial charge is 0.424 e. The summed E-state index contributed by atoms with van der Waals surface area (Å²) in [6.07, 6.45) is 6.98. The lowest BCUT2D eigenvalue weighted by atomic mass is 10.1. The molecule has 0 aliphatic carbocycles. The van der Waals surface area contributed by atoms with Gasteiger partial charge in [0.15, 0.2) is 11.2 Å². The molecule has 0 saturated heterocycles. The molecule has 0 aliphatic rings. The average Bonchev–Trinajstić information content (AvgIpc) is 3.83. The van der Waals surface area contributed by atoms with E-state index in [-0.39, 0.29) is 17.6 Å². The highest BCUT2D eigenvalue weighted by Crippen LogP contribution is 2.32. The molecular formula is C42H68N8O11. The summed E-state index contributed by atoms with van der Waals surface area (Å²) in [6.45, 7) is 13.7. The van der Waals surface area contributed by atoms with Crippen LogP contribution < -0.4 is 17.2 Å². The summed E-state index contributed by atoms with van der Waals surface area (Å²) in [7, 11) is 0. The van der Waals surface area contributed by atoms with Gasteiger partial charge in [0.1, 0.15) is 34.9 Å². The Morgan fingerprint density at radius 3 is 1.79 bits per heavy atom. The molecule has 19 nitrogen and oxygen atoms in total. The minimum Gasteiger partial charge on any atom is -0.424 e. The molecule has 19 heteroatoms. The van der Waals surface area contributed by atoms with Crippen LogP contribution in [0.1, 0.15) is 65.2 Å². The van der Waals surface area contributed by atoms with Crippen LogP contribution in [0, 0.1) is 0 Å². The van der Waals surface area contributed by atoms with Crippen molar-refractivity contribution < 1.29 is 51.9 Å². The van der Waals surface area contributed by atoms with E-state index >= 15 is 0 Å². The van der Waals surface area contributed by atoms with Crippen molar-refractivity contribution in [2.45, 2.75) is 71.8 Å². The molecule has 1 aromatic carbocycles. The number of nitrogens with two attached hydrogens (primary N) is 3. The molecule has 0 saturated carbocycles. The van der Waals surface area contributed by atoms with Gasteiger partial charge in [0.05, 0.1) is 104 Å². The fraction of sp³-hybridized carbons (Fsp3) is 0.667. The van der Waals surface area contributed by atoms with Crippen molar-refractivity contribution in [3.05, 3.63) is 24.5 Å². The van der Waals surface area contributed by atoms with Crippen molar-refractivity contribution in [3.8, 4) is 11.3 Å². The standard InChI is InChI=1S/C29H41N7O6.C13H27NO5/c1-2-11-38-13-15-40-17-18-41-16-14-39-12-9-22(37)6-4-3-5-10-36-28-25(27(30)32-20-33-28)26(35-36)21-7-8-24-23(19-21)34-29(31)42-24;1-2-13(15)3-5-16-7-9-18-11-12-19-10-8-17-6-4-14/h7-8,19-20H,2-6,9-18H2,1H3,(H2,31,34)(H2,30,32,33);2-12,14H2,1H3. The average molecular weight is 861 g/mol. The van der Waals surface area contributed by atoms with Gasteiger partial charge in [-0.3, -0.25) is 9.59 Å². The van der Waals surface area contributed by atoms with E-state index in [4.69, 9.17) is 64.6 Å². The SMILES string of the molecule is CCC(=O)CCOCCOCCOCCOCCN.CCCOCCOCCOCCOCCC(=O)CCCCCn1nc(-c2ccc3oc(N)nc3c2)c2c(N)ncnc21. The molecule has 0 atom stereocenters. The number of aromatic nitrogens is 5. The van der Waals surface area contributed by atoms with E-state index in [0.717, 1.165) is 37.9 Å². The molecule has 0 amide bonds. The molecule has 0 unspecified atom stereocenters. The summed E-state index contributed by atoms with van der Waals surface area (Å²) in [5.41, 5.74) is 20.6. The zero-order valence-corrected chi connectivity index (χ0v) is 36.2. The van der Waals surface area contributed by atoms with Crippen molar-refractivity contribution >= 4 is 45.5 Å². The van der Waals surface area contributed by atoms with Crippen LogP contribution in [-0.4, -0.2) is 149 Å². The smallest absolute Gasteiger partial charge is 0.292 e. The molecule has 0 spiro atoms. The normalized spacial score (nSPS) is 11.4. The monoisotopic (exact) mass is 861 g/mol. The van der Waals surface area contributed by atoms with Crippen LogP contribution in [0.3, 0.4) is 0 Å². The summed E-state index contributed by atoms with van der Waals surface area (Å²) in [4.78, 5) is 36.0. The fourth-order valence-electron chi connectivity index (χ4n) is 5.67. The van der Waals surface area contributed by atoms with Gasteiger partial charge in [-0.05, 0) is 37.5 Å². The Labute approximate surface area is 358 Å². The molecule has 3 heterocycles. The first kappa shape index (κ1) is 51.2. The number of ketones is 2. The van der Waals surface area contributed by atoms with Crippen LogP contribution in [0.4, 0.5) is 11.8 Å². The van der Waals surface area contributed by atoms with Crippen LogP contribution in [0.25, 0.3) is 33.4 Å². The summed E-state index contributed by atoms with van der Waals surface area (Å²) >= 11 is 0. The summed E-state index contributed by atoms with van der Waals surface area (Å²) < 4.78 is 49.9. The predicted molar refractivity (Wildman–Crippen MR) is 231 cm³/mol. The molecule has 61 heavy (non-hydrogen) atoms. The van der Waals surface area contributed by atoms with Crippen LogP contribution >= 0.6 is 0 Å². The summed E-state index contributed by atoms with van der Waals surface area (Å²) in [5, 5.41) is 5.49. The number of Topliss-reactive ketones (excluding diaryl/α,β-unsaturated/α-hetero) is 2. The predicted octanol–water partition coefficient (Wildman–Crippen LogP) is 4.18. The number of hydrogen-bond acceptors (Lipinski definition) is 18. The van der Waals surface area contributed by atoms with Gasteiger partial charge in [0.2, 0.25) is 0 Å². The minimum atomic E-state index is 0.109. The Balaban J connectivity index is 0.000000441. The number of rotatable bonds is 36. The summed E-state index contributed by atoms with van der Waals surface area (Å²) in [6, 6.07) is 5.66. The lowest BCUT2D eigenvalue weighted by molar-refractivity contribution is -0.121. The molecular weight excluding hydrogens is 793 g/mol. The van der Waals surface area contributed by atoms with Crippen molar-refractivity contribution in [1.82, 2.24) is 24.7 Å². The van der Waals surface area contributed by atoms with Crippen molar-refractivity contribution in [2.24, 2.45) is 5.73 Å². The topological polar surface area (TPSA) is 256 Å². The Hall–Kier alpha value is -4.18. The number of hydrogen-bond donors (Lipinski definition) is 3. The highest BCUT2D eigenvalue weighted by atomic mass is 16.6. The lowest BCUT2D eigenvalue weighted by Crippen LogP contribution is -2.14. The Kier molecular flexibility index (Phi) is 27.3. The number of benzene rings is 1. The molecule has 4 rings (SSSR count). The third-order valence-corrected chi connectivity index (χ3v) is 8.85. The second-order valence-electron chi connectivity index (χ2n) is 13.7. The van der Waals surface area contributed by atoms with Crippen LogP contribution in [0.15, 0.2) is 28.9 Å². The van der Waals surface area contributed by atoms with Crippen molar-refractivity contribution in [3.63, 3.8) is 0 Å². The minimum absolute atomic E-state index is 0.109. The molecule has 0 bridgehead atoms. The molecule has 6 N–H and O–H groups in total. The number of aryl methyl sites for hydroxylation is 1. The number of carbonyl (C=O) groups is 2. The third kappa shape index (κ3) is 21.5. The maximum Gasteiger partial charge on any atom is 0.292 e. The van der Waals surface area contributed by atoms with Crippen molar-refractivity contribution in [1.29, 1.82) is 0 Å². The Morgan fingerprint density at radius 2 is 1.21 bits per heavy atom. The zero-order valence-electron chi connectivity index (χ0n) is 36.2. The third-order valence-electron chi connectivity index (χ3n) is 8.85. The van der Waals surface area contributed by atoms with E-state index in [9.17, 15) is 9.59 Å². The molecule has 0 fully saturated rings. The number of anilines is 2. The zero-order chi connectivity index (χ0) is 43.8. The first-order valence-electron chi connectivity index (χ1n) is 21.4. The second kappa shape index (κ2) is 32.5. The van der Waals surface area contributed by atoms with Crippen LogP contribution in [0.2, 0.25) is 0 Å². The summed E-state index contributed by atoms with van der Waals surface area (Å²) in [5.74, 6) is 0.787.